The summed E-state index contributed by atoms with van der Waals surface area (Å²) in [6, 6.07) is 6.06. The average molecular weight is 369 g/mol. The number of ether oxygens (including phenoxy) is 3. The van der Waals surface area contributed by atoms with E-state index in [9.17, 15) is 0 Å². The molecule has 1 atom stereocenters. The van der Waals surface area contributed by atoms with Gasteiger partial charge >= 0.3 is 0 Å². The number of hydrogen-bond acceptors (Lipinski definition) is 3. The highest BCUT2D eigenvalue weighted by atomic mass is 35.5. The Bertz CT molecular complexity index is 637. The van der Waals surface area contributed by atoms with Gasteiger partial charge in [-0.2, -0.15) is 0 Å². The number of aryl methyl sites for hydroxylation is 1. The number of fused-ring (bicyclic) bond motifs is 1. The third-order valence-corrected chi connectivity index (χ3v) is 4.22. The second-order valence-corrected chi connectivity index (χ2v) is 6.40. The Balaban J connectivity index is 1.93. The van der Waals surface area contributed by atoms with Gasteiger partial charge in [0.25, 0.3) is 0 Å². The summed E-state index contributed by atoms with van der Waals surface area (Å²) in [5.74, 6) is 1.54. The summed E-state index contributed by atoms with van der Waals surface area (Å²) >= 11 is 12.0. The highest BCUT2D eigenvalue weighted by Gasteiger charge is 2.21. The van der Waals surface area contributed by atoms with Crippen molar-refractivity contribution in [2.75, 3.05) is 19.8 Å². The van der Waals surface area contributed by atoms with Crippen molar-refractivity contribution in [2.45, 2.75) is 25.9 Å². The van der Waals surface area contributed by atoms with E-state index in [1.54, 1.807) is 0 Å². The molecule has 0 bridgehead atoms. The third kappa shape index (κ3) is 5.04. The van der Waals surface area contributed by atoms with E-state index in [2.05, 4.69) is 26.1 Å². The lowest BCUT2D eigenvalue weighted by Crippen LogP contribution is -2.33. The van der Waals surface area contributed by atoms with Crippen LogP contribution in [-0.2, 0) is 11.2 Å². The summed E-state index contributed by atoms with van der Waals surface area (Å²) in [5, 5.41) is 0.778. The molecule has 0 aliphatic carbocycles. The second kappa shape index (κ2) is 9.16. The van der Waals surface area contributed by atoms with Gasteiger partial charge in [-0.15, -0.1) is 0 Å². The fourth-order valence-electron chi connectivity index (χ4n) is 2.38. The van der Waals surface area contributed by atoms with Gasteiger partial charge in [-0.25, -0.2) is 0 Å². The van der Waals surface area contributed by atoms with E-state index >= 15 is 0 Å². The van der Waals surface area contributed by atoms with Crippen LogP contribution in [0, 0.1) is 0 Å². The first-order valence-corrected chi connectivity index (χ1v) is 8.66. The molecule has 1 heterocycles. The standard InChI is InChI=1S/C19H22Cl2O3/c1-4-6-14-7-8-18-19(9-14)24-15(11-23-18)10-22-12-16(13(3)20)17(21)5-2/h5,7-9,15H,2-4,6,10-12H2,1H3/b17-16+. The lowest BCUT2D eigenvalue weighted by atomic mass is 10.1. The molecule has 1 unspecified atom stereocenters. The molecule has 0 amide bonds. The van der Waals surface area contributed by atoms with Crippen LogP contribution in [0.1, 0.15) is 18.9 Å². The summed E-state index contributed by atoms with van der Waals surface area (Å²) in [6.45, 7) is 10.5. The van der Waals surface area contributed by atoms with Crippen LogP contribution < -0.4 is 9.47 Å². The van der Waals surface area contributed by atoms with Gasteiger partial charge in [0.2, 0.25) is 0 Å². The highest BCUT2D eigenvalue weighted by molar-refractivity contribution is 6.36. The Morgan fingerprint density at radius 1 is 1.38 bits per heavy atom. The maximum absolute atomic E-state index is 6.04. The van der Waals surface area contributed by atoms with Crippen LogP contribution in [0.3, 0.4) is 0 Å². The number of halogens is 2. The lowest BCUT2D eigenvalue weighted by Gasteiger charge is -2.27. The van der Waals surface area contributed by atoms with Gasteiger partial charge in [-0.05, 0) is 24.1 Å². The first kappa shape index (κ1) is 18.9. The topological polar surface area (TPSA) is 27.7 Å². The Kier molecular flexibility index (Phi) is 7.22. The summed E-state index contributed by atoms with van der Waals surface area (Å²) in [6.07, 6.45) is 3.44. The Morgan fingerprint density at radius 2 is 2.17 bits per heavy atom. The first-order valence-electron chi connectivity index (χ1n) is 7.91. The van der Waals surface area contributed by atoms with Crippen molar-refractivity contribution in [1.29, 1.82) is 0 Å². The van der Waals surface area contributed by atoms with Crippen LogP contribution in [0.15, 0.2) is 53.1 Å². The van der Waals surface area contributed by atoms with E-state index in [1.165, 1.54) is 11.6 Å². The van der Waals surface area contributed by atoms with Crippen LogP contribution >= 0.6 is 23.2 Å². The zero-order valence-corrected chi connectivity index (χ0v) is 15.3. The summed E-state index contributed by atoms with van der Waals surface area (Å²) in [5.41, 5.74) is 1.86. The van der Waals surface area contributed by atoms with Crippen molar-refractivity contribution >= 4 is 23.2 Å². The average Bonchev–Trinajstić information content (AvgIpc) is 2.57. The molecule has 0 radical (unpaired) electrons. The molecule has 24 heavy (non-hydrogen) atoms. The van der Waals surface area contributed by atoms with Crippen LogP contribution in [0.25, 0.3) is 0 Å². The number of rotatable bonds is 8. The summed E-state index contributed by atoms with van der Waals surface area (Å²) in [4.78, 5) is 0. The zero-order chi connectivity index (χ0) is 17.5. The molecule has 1 aliphatic heterocycles. The van der Waals surface area contributed by atoms with E-state index in [0.717, 1.165) is 24.3 Å². The smallest absolute Gasteiger partial charge is 0.162 e. The van der Waals surface area contributed by atoms with Crippen LogP contribution in [0.5, 0.6) is 11.5 Å². The van der Waals surface area contributed by atoms with Gasteiger partial charge in [-0.1, -0.05) is 61.8 Å². The zero-order valence-electron chi connectivity index (χ0n) is 13.8. The number of benzene rings is 1. The minimum absolute atomic E-state index is 0.179. The van der Waals surface area contributed by atoms with E-state index < -0.39 is 0 Å². The van der Waals surface area contributed by atoms with E-state index in [0.29, 0.717) is 28.9 Å². The van der Waals surface area contributed by atoms with Crippen molar-refractivity contribution in [3.8, 4) is 11.5 Å². The molecule has 1 aromatic carbocycles. The molecule has 0 saturated carbocycles. The SMILES string of the molecule is C=C/C(Cl)=C(/COCC1COc2ccc(CCC)cc2O1)C(=C)Cl. The molecule has 0 fully saturated rings. The predicted octanol–water partition coefficient (Wildman–Crippen LogP) is 5.23. The Hall–Kier alpha value is -1.42. The van der Waals surface area contributed by atoms with Crippen molar-refractivity contribution in [1.82, 2.24) is 0 Å². The van der Waals surface area contributed by atoms with Crippen molar-refractivity contribution in [3.63, 3.8) is 0 Å². The minimum Gasteiger partial charge on any atom is -0.486 e. The van der Waals surface area contributed by atoms with Gasteiger partial charge in [0.1, 0.15) is 6.61 Å². The number of hydrogen-bond donors (Lipinski definition) is 0. The van der Waals surface area contributed by atoms with Crippen LogP contribution in [-0.4, -0.2) is 25.9 Å². The van der Waals surface area contributed by atoms with Crippen LogP contribution in [0.4, 0.5) is 0 Å². The quantitative estimate of drug-likeness (QED) is 0.588. The number of allylic oxidation sites excluding steroid dienone is 2. The fourth-order valence-corrected chi connectivity index (χ4v) is 2.75. The highest BCUT2D eigenvalue weighted by Crippen LogP contribution is 2.33. The lowest BCUT2D eigenvalue weighted by molar-refractivity contribution is 0.0158. The molecule has 1 aromatic rings. The molecule has 5 heteroatoms. The van der Waals surface area contributed by atoms with Crippen molar-refractivity contribution < 1.29 is 14.2 Å². The van der Waals surface area contributed by atoms with Gasteiger partial charge in [0.05, 0.1) is 13.2 Å². The largest absolute Gasteiger partial charge is 0.486 e. The second-order valence-electron chi connectivity index (χ2n) is 5.53. The molecule has 130 valence electrons. The van der Waals surface area contributed by atoms with E-state index in [1.807, 2.05) is 12.1 Å². The van der Waals surface area contributed by atoms with E-state index in [4.69, 9.17) is 37.4 Å². The maximum atomic E-state index is 6.04. The molecule has 3 nitrogen and oxygen atoms in total. The maximum Gasteiger partial charge on any atom is 0.162 e. The minimum atomic E-state index is -0.179. The van der Waals surface area contributed by atoms with E-state index in [-0.39, 0.29) is 12.7 Å². The summed E-state index contributed by atoms with van der Waals surface area (Å²) < 4.78 is 17.4. The van der Waals surface area contributed by atoms with Crippen molar-refractivity contribution in [2.24, 2.45) is 0 Å². The van der Waals surface area contributed by atoms with Crippen LogP contribution in [0.2, 0.25) is 0 Å². The molecule has 0 N–H and O–H groups in total. The molecule has 2 rings (SSSR count). The third-order valence-electron chi connectivity index (χ3n) is 3.61. The van der Waals surface area contributed by atoms with Gasteiger partial charge in [0.15, 0.2) is 17.6 Å². The van der Waals surface area contributed by atoms with Gasteiger partial charge in [-0.3, -0.25) is 0 Å². The summed E-state index contributed by atoms with van der Waals surface area (Å²) in [7, 11) is 0. The Labute approximate surface area is 153 Å². The van der Waals surface area contributed by atoms with Crippen molar-refractivity contribution in [3.05, 3.63) is 58.6 Å². The molecular formula is C19H22Cl2O3. The molecular weight excluding hydrogens is 347 g/mol. The van der Waals surface area contributed by atoms with Gasteiger partial charge < -0.3 is 14.2 Å². The van der Waals surface area contributed by atoms with Gasteiger partial charge in [0, 0.05) is 15.6 Å². The fraction of sp³-hybridized carbons (Fsp3) is 0.368. The molecule has 0 aromatic heterocycles. The molecule has 0 saturated heterocycles. The normalized spacial score (nSPS) is 17.2. The molecule has 1 aliphatic rings. The predicted molar refractivity (Wildman–Crippen MR) is 99.2 cm³/mol. The molecule has 0 spiro atoms. The first-order chi connectivity index (χ1) is 11.5. The Morgan fingerprint density at radius 3 is 2.83 bits per heavy atom. The monoisotopic (exact) mass is 368 g/mol.